The van der Waals surface area contributed by atoms with Gasteiger partial charge in [0.25, 0.3) is 0 Å². The SMILES string of the molecule is CCC=CCC=CCC(O)C(O)C=CC=CC=CCCCCCC(=O)OCC(O)CO. The molecule has 0 saturated carbocycles. The van der Waals surface area contributed by atoms with E-state index in [4.69, 9.17) is 14.9 Å². The molecule has 0 aromatic carbocycles. The van der Waals surface area contributed by atoms with Crippen molar-refractivity contribution in [1.29, 1.82) is 0 Å². The molecular weight excluding hydrogens is 396 g/mol. The number of unbranched alkanes of at least 4 members (excludes halogenated alkanes) is 3. The van der Waals surface area contributed by atoms with Crippen molar-refractivity contribution in [3.05, 3.63) is 60.8 Å². The van der Waals surface area contributed by atoms with Gasteiger partial charge in [-0.3, -0.25) is 4.79 Å². The summed E-state index contributed by atoms with van der Waals surface area (Å²) in [5.74, 6) is -0.356. The number of carbonyl (C=O) groups is 1. The van der Waals surface area contributed by atoms with Crippen molar-refractivity contribution in [2.24, 2.45) is 0 Å². The quantitative estimate of drug-likeness (QED) is 0.113. The Labute approximate surface area is 187 Å². The van der Waals surface area contributed by atoms with Gasteiger partial charge in [0.15, 0.2) is 0 Å². The molecule has 0 aliphatic rings. The number of hydrogen-bond donors (Lipinski definition) is 4. The van der Waals surface area contributed by atoms with Crippen LogP contribution in [0.2, 0.25) is 0 Å². The molecule has 0 aliphatic carbocycles. The lowest BCUT2D eigenvalue weighted by atomic mass is 10.1. The molecule has 3 atom stereocenters. The van der Waals surface area contributed by atoms with Gasteiger partial charge in [-0.25, -0.2) is 0 Å². The average Bonchev–Trinajstić information content (AvgIpc) is 2.77. The van der Waals surface area contributed by atoms with Crippen molar-refractivity contribution in [3.8, 4) is 0 Å². The van der Waals surface area contributed by atoms with Crippen LogP contribution in [-0.2, 0) is 9.53 Å². The maximum absolute atomic E-state index is 11.4. The van der Waals surface area contributed by atoms with E-state index in [0.29, 0.717) is 12.8 Å². The first kappa shape index (κ1) is 29.0. The molecule has 0 aromatic rings. The van der Waals surface area contributed by atoms with Crippen molar-refractivity contribution in [1.82, 2.24) is 0 Å². The summed E-state index contributed by atoms with van der Waals surface area (Å²) in [4.78, 5) is 11.4. The molecule has 0 rings (SSSR count). The average molecular weight is 437 g/mol. The number of carbonyl (C=O) groups excluding carboxylic acids is 1. The fraction of sp³-hybridized carbons (Fsp3) is 0.560. The molecule has 0 heterocycles. The highest BCUT2D eigenvalue weighted by Gasteiger charge is 2.10. The Bertz CT molecular complexity index is 577. The van der Waals surface area contributed by atoms with E-state index in [1.165, 1.54) is 0 Å². The molecule has 176 valence electrons. The number of aliphatic hydroxyl groups is 4. The van der Waals surface area contributed by atoms with Gasteiger partial charge in [-0.05, 0) is 38.5 Å². The van der Waals surface area contributed by atoms with Crippen LogP contribution in [0.5, 0.6) is 0 Å². The third kappa shape index (κ3) is 19.7. The Morgan fingerprint density at radius 2 is 1.65 bits per heavy atom. The number of rotatable bonds is 18. The van der Waals surface area contributed by atoms with Crippen molar-refractivity contribution in [2.45, 2.75) is 76.6 Å². The lowest BCUT2D eigenvalue weighted by Gasteiger charge is -2.11. The third-order valence-corrected chi connectivity index (χ3v) is 4.29. The molecule has 0 aliphatic heterocycles. The van der Waals surface area contributed by atoms with Crippen LogP contribution < -0.4 is 0 Å². The molecule has 6 heteroatoms. The fourth-order valence-electron chi connectivity index (χ4n) is 2.44. The summed E-state index contributed by atoms with van der Waals surface area (Å²) in [6.45, 7) is 1.50. The van der Waals surface area contributed by atoms with E-state index in [9.17, 15) is 15.0 Å². The maximum atomic E-state index is 11.4. The van der Waals surface area contributed by atoms with Gasteiger partial charge in [0.2, 0.25) is 0 Å². The molecule has 6 nitrogen and oxygen atoms in total. The first-order chi connectivity index (χ1) is 15.0. The first-order valence-electron chi connectivity index (χ1n) is 11.1. The van der Waals surface area contributed by atoms with Crippen molar-refractivity contribution >= 4 is 5.97 Å². The van der Waals surface area contributed by atoms with Crippen molar-refractivity contribution < 1.29 is 30.0 Å². The maximum Gasteiger partial charge on any atom is 0.305 e. The second-order valence-electron chi connectivity index (χ2n) is 7.20. The van der Waals surface area contributed by atoms with Crippen LogP contribution in [0.1, 0.15) is 58.3 Å². The monoisotopic (exact) mass is 436 g/mol. The van der Waals surface area contributed by atoms with Crippen molar-refractivity contribution in [2.75, 3.05) is 13.2 Å². The topological polar surface area (TPSA) is 107 Å². The zero-order valence-corrected chi connectivity index (χ0v) is 18.7. The minimum atomic E-state index is -1.01. The molecule has 0 amide bonds. The van der Waals surface area contributed by atoms with Crippen LogP contribution in [0.4, 0.5) is 0 Å². The van der Waals surface area contributed by atoms with Gasteiger partial charge >= 0.3 is 5.97 Å². The summed E-state index contributed by atoms with van der Waals surface area (Å²) in [7, 11) is 0. The van der Waals surface area contributed by atoms with E-state index < -0.39 is 24.9 Å². The molecule has 0 bridgehead atoms. The summed E-state index contributed by atoms with van der Waals surface area (Å²) < 4.78 is 4.83. The zero-order valence-electron chi connectivity index (χ0n) is 18.7. The van der Waals surface area contributed by atoms with Crippen LogP contribution >= 0.6 is 0 Å². The molecule has 0 aromatic heterocycles. The standard InChI is InChI=1S/C25H40O6/c1-2-3-4-5-11-14-17-23(28)24(29)18-15-12-9-7-6-8-10-13-16-19-25(30)31-21-22(27)20-26/h3-4,6-7,9,11-12,14-15,18,22-24,26-29H,2,5,8,10,13,16-17,19-21H2,1H3. The minimum Gasteiger partial charge on any atom is -0.463 e. The highest BCUT2D eigenvalue weighted by molar-refractivity contribution is 5.69. The number of allylic oxidation sites excluding steroid dienone is 8. The summed E-state index contributed by atoms with van der Waals surface area (Å²) in [5, 5.41) is 37.5. The van der Waals surface area contributed by atoms with E-state index in [2.05, 4.69) is 19.1 Å². The predicted molar refractivity (Wildman–Crippen MR) is 124 cm³/mol. The summed E-state index contributed by atoms with van der Waals surface area (Å²) >= 11 is 0. The fourth-order valence-corrected chi connectivity index (χ4v) is 2.44. The second-order valence-corrected chi connectivity index (χ2v) is 7.20. The number of aliphatic hydroxyl groups excluding tert-OH is 4. The van der Waals surface area contributed by atoms with Crippen LogP contribution in [0, 0.1) is 0 Å². The largest absolute Gasteiger partial charge is 0.463 e. The number of ether oxygens (including phenoxy) is 1. The van der Waals surface area contributed by atoms with E-state index >= 15 is 0 Å². The zero-order chi connectivity index (χ0) is 23.2. The predicted octanol–water partition coefficient (Wildman–Crippen LogP) is 3.53. The highest BCUT2D eigenvalue weighted by Crippen LogP contribution is 2.06. The van der Waals surface area contributed by atoms with Crippen LogP contribution in [0.3, 0.4) is 0 Å². The number of esters is 1. The van der Waals surface area contributed by atoms with Gasteiger partial charge in [0.05, 0.1) is 18.8 Å². The highest BCUT2D eigenvalue weighted by atomic mass is 16.5. The van der Waals surface area contributed by atoms with Gasteiger partial charge in [0, 0.05) is 6.42 Å². The first-order valence-corrected chi connectivity index (χ1v) is 11.1. The molecule has 3 unspecified atom stereocenters. The minimum absolute atomic E-state index is 0.164. The molecular formula is C25H40O6. The Hall–Kier alpha value is -1.99. The molecule has 0 spiro atoms. The Kier molecular flexibility index (Phi) is 19.9. The summed E-state index contributed by atoms with van der Waals surface area (Å²) in [6, 6.07) is 0. The molecule has 0 fully saturated rings. The Balaban J connectivity index is 3.79. The van der Waals surface area contributed by atoms with Gasteiger partial charge in [0.1, 0.15) is 12.7 Å². The molecule has 0 saturated heterocycles. The van der Waals surface area contributed by atoms with Gasteiger partial charge in [-0.15, -0.1) is 0 Å². The van der Waals surface area contributed by atoms with Gasteiger partial charge in [-0.1, -0.05) is 74.1 Å². The summed E-state index contributed by atoms with van der Waals surface area (Å²) in [6.07, 6.45) is 22.3. The van der Waals surface area contributed by atoms with Gasteiger partial charge in [-0.2, -0.15) is 0 Å². The Morgan fingerprint density at radius 3 is 2.39 bits per heavy atom. The van der Waals surface area contributed by atoms with Crippen molar-refractivity contribution in [3.63, 3.8) is 0 Å². The molecule has 0 radical (unpaired) electrons. The lowest BCUT2D eigenvalue weighted by molar-refractivity contribution is -0.147. The van der Waals surface area contributed by atoms with Crippen LogP contribution in [-0.4, -0.2) is 57.9 Å². The number of hydrogen-bond acceptors (Lipinski definition) is 6. The van der Waals surface area contributed by atoms with Gasteiger partial charge < -0.3 is 25.2 Å². The summed E-state index contributed by atoms with van der Waals surface area (Å²) in [5.41, 5.74) is 0. The molecule has 31 heavy (non-hydrogen) atoms. The lowest BCUT2D eigenvalue weighted by Crippen LogP contribution is -2.22. The van der Waals surface area contributed by atoms with E-state index in [-0.39, 0.29) is 12.6 Å². The smallest absolute Gasteiger partial charge is 0.305 e. The van der Waals surface area contributed by atoms with Crippen LogP contribution in [0.25, 0.3) is 0 Å². The van der Waals surface area contributed by atoms with E-state index in [0.717, 1.165) is 38.5 Å². The second kappa shape index (κ2) is 21.2. The van der Waals surface area contributed by atoms with E-state index in [1.807, 2.05) is 30.4 Å². The third-order valence-electron chi connectivity index (χ3n) is 4.29. The normalized spacial score (nSPS) is 15.6. The van der Waals surface area contributed by atoms with Crippen LogP contribution in [0.15, 0.2) is 60.8 Å². The molecule has 4 N–H and O–H groups in total. The Morgan fingerprint density at radius 1 is 0.903 bits per heavy atom. The van der Waals surface area contributed by atoms with E-state index in [1.54, 1.807) is 18.2 Å².